The number of rotatable bonds is 6. The van der Waals surface area contributed by atoms with E-state index in [1.54, 1.807) is 0 Å². The fraction of sp³-hybridized carbons (Fsp3) is 0.600. The van der Waals surface area contributed by atoms with Gasteiger partial charge in [0.25, 0.3) is 5.91 Å². The third-order valence-corrected chi connectivity index (χ3v) is 2.67. The molecule has 1 heterocycles. The van der Waals surface area contributed by atoms with Crippen molar-refractivity contribution in [3.63, 3.8) is 0 Å². The summed E-state index contributed by atoms with van der Waals surface area (Å²) in [4.78, 5) is 24.2. The number of carboxylic acids is 1. The van der Waals surface area contributed by atoms with E-state index in [2.05, 4.69) is 10.3 Å². The van der Waals surface area contributed by atoms with Crippen molar-refractivity contribution in [1.82, 2.24) is 19.9 Å². The Morgan fingerprint density at radius 2 is 2.28 bits per heavy atom. The molecule has 1 fully saturated rings. The molecule has 0 radical (unpaired) electrons. The molecule has 1 aliphatic carbocycles. The molecule has 2 rings (SSSR count). The van der Waals surface area contributed by atoms with Gasteiger partial charge in [-0.2, -0.15) is 0 Å². The fourth-order valence-corrected chi connectivity index (χ4v) is 1.68. The second kappa shape index (κ2) is 5.13. The molecule has 8 heteroatoms. The largest absolute Gasteiger partial charge is 0.480 e. The highest BCUT2D eigenvalue weighted by Crippen LogP contribution is 2.27. The molecule has 1 aromatic heterocycles. The number of aromatic nitrogens is 3. The van der Waals surface area contributed by atoms with Gasteiger partial charge in [-0.25, -0.2) is 0 Å². The summed E-state index contributed by atoms with van der Waals surface area (Å²) in [6.07, 6.45) is 3.18. The highest BCUT2D eigenvalue weighted by Gasteiger charge is 2.35. The second-order valence-electron chi connectivity index (χ2n) is 4.21. The molecule has 0 unspecified atom stereocenters. The maximum Gasteiger partial charge on any atom is 0.323 e. The van der Waals surface area contributed by atoms with Crippen molar-refractivity contribution in [2.75, 3.05) is 13.1 Å². The van der Waals surface area contributed by atoms with Crippen LogP contribution in [0.5, 0.6) is 0 Å². The highest BCUT2D eigenvalue weighted by atomic mass is 16.4. The van der Waals surface area contributed by atoms with Crippen LogP contribution < -0.4 is 5.73 Å². The van der Waals surface area contributed by atoms with Gasteiger partial charge in [-0.3, -0.25) is 14.3 Å². The zero-order valence-corrected chi connectivity index (χ0v) is 9.82. The van der Waals surface area contributed by atoms with Crippen LogP contribution in [0.25, 0.3) is 0 Å². The molecule has 0 aliphatic heterocycles. The number of carboxylic acid groups (broad SMARTS) is 1. The number of carbonyl (C=O) groups excluding carboxylic acids is 1. The molecule has 98 valence electrons. The lowest BCUT2D eigenvalue weighted by Crippen LogP contribution is -2.37. The Labute approximate surface area is 103 Å². The van der Waals surface area contributed by atoms with E-state index in [1.807, 2.05) is 0 Å². The van der Waals surface area contributed by atoms with Gasteiger partial charge in [-0.05, 0) is 12.8 Å². The first kappa shape index (κ1) is 12.5. The van der Waals surface area contributed by atoms with Crippen LogP contribution >= 0.6 is 0 Å². The summed E-state index contributed by atoms with van der Waals surface area (Å²) in [5.41, 5.74) is 5.53. The number of nitrogens with zero attached hydrogens (tertiary/aromatic N) is 4. The summed E-state index contributed by atoms with van der Waals surface area (Å²) in [5, 5.41) is 16.3. The number of carbonyl (C=O) groups is 2. The van der Waals surface area contributed by atoms with Crippen molar-refractivity contribution >= 4 is 11.9 Å². The fourth-order valence-electron chi connectivity index (χ4n) is 1.68. The number of hydrogen-bond acceptors (Lipinski definition) is 5. The van der Waals surface area contributed by atoms with E-state index in [1.165, 1.54) is 15.8 Å². The van der Waals surface area contributed by atoms with Gasteiger partial charge in [0.1, 0.15) is 6.54 Å². The SMILES string of the molecule is NCCn1cc(C(=O)N(CC(=O)O)C2CC2)nn1. The minimum absolute atomic E-state index is 0.0215. The summed E-state index contributed by atoms with van der Waals surface area (Å²) in [6, 6.07) is 0.0215. The maximum atomic E-state index is 12.1. The van der Waals surface area contributed by atoms with E-state index in [4.69, 9.17) is 10.8 Å². The Morgan fingerprint density at radius 1 is 1.56 bits per heavy atom. The zero-order chi connectivity index (χ0) is 13.1. The lowest BCUT2D eigenvalue weighted by atomic mass is 10.3. The number of amides is 1. The predicted molar refractivity (Wildman–Crippen MR) is 60.8 cm³/mol. The molecule has 0 bridgehead atoms. The standard InChI is InChI=1S/C10H15N5O3/c11-3-4-14-5-8(12-13-14)10(18)15(6-9(16)17)7-1-2-7/h5,7H,1-4,6,11H2,(H,16,17). The zero-order valence-electron chi connectivity index (χ0n) is 9.82. The number of nitrogens with two attached hydrogens (primary N) is 1. The molecule has 3 N–H and O–H groups in total. The van der Waals surface area contributed by atoms with Gasteiger partial charge < -0.3 is 15.7 Å². The molecule has 18 heavy (non-hydrogen) atoms. The molecule has 1 saturated carbocycles. The summed E-state index contributed by atoms with van der Waals surface area (Å²) in [7, 11) is 0. The van der Waals surface area contributed by atoms with Crippen molar-refractivity contribution in [2.24, 2.45) is 5.73 Å². The van der Waals surface area contributed by atoms with Crippen molar-refractivity contribution in [3.8, 4) is 0 Å². The van der Waals surface area contributed by atoms with Gasteiger partial charge in [-0.15, -0.1) is 5.10 Å². The quantitative estimate of drug-likeness (QED) is 0.667. The van der Waals surface area contributed by atoms with Gasteiger partial charge in [0.2, 0.25) is 0 Å². The monoisotopic (exact) mass is 253 g/mol. The Hall–Kier alpha value is -1.96. The van der Waals surface area contributed by atoms with Gasteiger partial charge >= 0.3 is 5.97 Å². The predicted octanol–water partition coefficient (Wildman–Crippen LogP) is -1.07. The number of hydrogen-bond donors (Lipinski definition) is 2. The van der Waals surface area contributed by atoms with Gasteiger partial charge in [0.15, 0.2) is 5.69 Å². The number of aliphatic carboxylic acids is 1. The molecular formula is C10H15N5O3. The van der Waals surface area contributed by atoms with E-state index in [0.717, 1.165) is 12.8 Å². The van der Waals surface area contributed by atoms with Crippen LogP contribution in [0, 0.1) is 0 Å². The summed E-state index contributed by atoms with van der Waals surface area (Å²) < 4.78 is 1.47. The third-order valence-electron chi connectivity index (χ3n) is 2.67. The van der Waals surface area contributed by atoms with Crippen molar-refractivity contribution in [1.29, 1.82) is 0 Å². The van der Waals surface area contributed by atoms with Crippen LogP contribution in [0.2, 0.25) is 0 Å². The van der Waals surface area contributed by atoms with E-state index in [0.29, 0.717) is 13.1 Å². The van der Waals surface area contributed by atoms with E-state index in [-0.39, 0.29) is 24.2 Å². The first-order valence-corrected chi connectivity index (χ1v) is 5.74. The Balaban J connectivity index is 2.09. The Kier molecular flexibility index (Phi) is 3.56. The van der Waals surface area contributed by atoms with E-state index in [9.17, 15) is 9.59 Å². The van der Waals surface area contributed by atoms with E-state index < -0.39 is 5.97 Å². The van der Waals surface area contributed by atoms with Crippen molar-refractivity contribution in [2.45, 2.75) is 25.4 Å². The topological polar surface area (TPSA) is 114 Å². The molecule has 0 spiro atoms. The summed E-state index contributed by atoms with van der Waals surface area (Å²) >= 11 is 0. The lowest BCUT2D eigenvalue weighted by Gasteiger charge is -2.18. The average Bonchev–Trinajstić information content (AvgIpc) is 3.06. The normalized spacial score (nSPS) is 14.5. The minimum atomic E-state index is -1.02. The van der Waals surface area contributed by atoms with Crippen LogP contribution in [-0.4, -0.2) is 56.0 Å². The molecule has 1 aliphatic rings. The van der Waals surface area contributed by atoms with Crippen molar-refractivity contribution < 1.29 is 14.7 Å². The smallest absolute Gasteiger partial charge is 0.323 e. The van der Waals surface area contributed by atoms with Gasteiger partial charge in [0, 0.05) is 12.6 Å². The van der Waals surface area contributed by atoms with Crippen LogP contribution in [0.3, 0.4) is 0 Å². The van der Waals surface area contributed by atoms with E-state index >= 15 is 0 Å². The molecule has 1 aromatic rings. The molecule has 0 aromatic carbocycles. The van der Waals surface area contributed by atoms with Crippen molar-refractivity contribution in [3.05, 3.63) is 11.9 Å². The van der Waals surface area contributed by atoms with Gasteiger partial charge in [-0.1, -0.05) is 5.21 Å². The maximum absolute atomic E-state index is 12.1. The molecule has 1 amide bonds. The van der Waals surface area contributed by atoms with Crippen LogP contribution in [0.1, 0.15) is 23.3 Å². The average molecular weight is 253 g/mol. The lowest BCUT2D eigenvalue weighted by molar-refractivity contribution is -0.137. The van der Waals surface area contributed by atoms with Gasteiger partial charge in [0.05, 0.1) is 12.7 Å². The molecule has 0 saturated heterocycles. The molecule has 0 atom stereocenters. The third kappa shape index (κ3) is 2.83. The Morgan fingerprint density at radius 3 is 2.83 bits per heavy atom. The second-order valence-corrected chi connectivity index (χ2v) is 4.21. The first-order chi connectivity index (χ1) is 8.61. The van der Waals surface area contributed by atoms with Crippen LogP contribution in [0.4, 0.5) is 0 Å². The Bertz CT molecular complexity index is 454. The minimum Gasteiger partial charge on any atom is -0.480 e. The summed E-state index contributed by atoms with van der Waals surface area (Å²) in [6.45, 7) is 0.578. The first-order valence-electron chi connectivity index (χ1n) is 5.74. The summed E-state index contributed by atoms with van der Waals surface area (Å²) in [5.74, 6) is -1.41. The van der Waals surface area contributed by atoms with Crippen LogP contribution in [-0.2, 0) is 11.3 Å². The molecule has 8 nitrogen and oxygen atoms in total. The highest BCUT2D eigenvalue weighted by molar-refractivity contribution is 5.94. The van der Waals surface area contributed by atoms with Crippen LogP contribution in [0.15, 0.2) is 6.20 Å². The molecular weight excluding hydrogens is 238 g/mol.